The summed E-state index contributed by atoms with van der Waals surface area (Å²) >= 11 is 0. The average molecular weight is 669 g/mol. The van der Waals surface area contributed by atoms with E-state index in [0.29, 0.717) is 0 Å². The molecule has 7 aromatic carbocycles. The van der Waals surface area contributed by atoms with E-state index in [1.807, 2.05) is 0 Å². The molecule has 2 heteroatoms. The lowest BCUT2D eigenvalue weighted by molar-refractivity contribution is 0.624. The van der Waals surface area contributed by atoms with Gasteiger partial charge in [-0.05, 0) is 67.1 Å². The molecule has 52 heavy (non-hydrogen) atoms. The molecule has 0 aliphatic rings. The molecular formula is C50H40N2. The molecule has 0 atom stereocenters. The number of rotatable bonds is 6. The molecule has 2 aromatic heterocycles. The molecule has 2 heterocycles. The molecule has 0 saturated carbocycles. The van der Waals surface area contributed by atoms with Gasteiger partial charge in [-0.3, -0.25) is 0 Å². The van der Waals surface area contributed by atoms with Crippen LogP contribution in [0.4, 0.5) is 0 Å². The van der Waals surface area contributed by atoms with Crippen molar-refractivity contribution in [3.8, 4) is 22.3 Å². The van der Waals surface area contributed by atoms with E-state index in [2.05, 4.69) is 198 Å². The lowest BCUT2D eigenvalue weighted by atomic mass is 9.77. The van der Waals surface area contributed by atoms with Crippen molar-refractivity contribution in [3.05, 3.63) is 192 Å². The first-order valence-corrected chi connectivity index (χ1v) is 18.2. The molecule has 9 aromatic rings. The van der Waals surface area contributed by atoms with Crippen molar-refractivity contribution in [1.82, 2.24) is 9.97 Å². The molecule has 0 amide bonds. The Hall–Kier alpha value is -6.12. The summed E-state index contributed by atoms with van der Waals surface area (Å²) in [5.74, 6) is 0. The quantitative estimate of drug-likeness (QED) is 0.165. The summed E-state index contributed by atoms with van der Waals surface area (Å²) in [5.41, 5.74) is 10.3. The van der Waals surface area contributed by atoms with Crippen LogP contribution in [0.1, 0.15) is 50.2 Å². The maximum atomic E-state index is 5.66. The number of aromatic nitrogens is 2. The van der Waals surface area contributed by atoms with Crippen LogP contribution in [0.3, 0.4) is 0 Å². The second-order valence-corrected chi connectivity index (χ2v) is 15.0. The molecule has 9 rings (SSSR count). The normalized spacial score (nSPS) is 12.2. The van der Waals surface area contributed by atoms with Crippen LogP contribution in [0.15, 0.2) is 170 Å². The van der Waals surface area contributed by atoms with Gasteiger partial charge in [-0.25, -0.2) is 9.97 Å². The van der Waals surface area contributed by atoms with Crippen LogP contribution in [0.5, 0.6) is 0 Å². The van der Waals surface area contributed by atoms with E-state index in [4.69, 9.17) is 9.97 Å². The van der Waals surface area contributed by atoms with Crippen molar-refractivity contribution >= 4 is 43.4 Å². The minimum absolute atomic E-state index is 0.400. The predicted molar refractivity (Wildman–Crippen MR) is 220 cm³/mol. The van der Waals surface area contributed by atoms with Crippen molar-refractivity contribution in [1.29, 1.82) is 0 Å². The minimum atomic E-state index is -0.400. The van der Waals surface area contributed by atoms with E-state index in [9.17, 15) is 0 Å². The van der Waals surface area contributed by atoms with Gasteiger partial charge in [0.2, 0.25) is 0 Å². The SMILES string of the molecule is CC(C)(c1cc(-c2ccccc2)c2ccc3c(-c4ccccc4)cc(C(C)(C)c4cccc5ccccc45)nc3c2n1)c1cccc2ccccc12. The molecule has 0 bridgehead atoms. The Morgan fingerprint density at radius 3 is 1.13 bits per heavy atom. The van der Waals surface area contributed by atoms with E-state index >= 15 is 0 Å². The Labute approximate surface area is 305 Å². The monoisotopic (exact) mass is 668 g/mol. The first-order valence-electron chi connectivity index (χ1n) is 18.2. The zero-order valence-electron chi connectivity index (χ0n) is 30.1. The molecule has 0 N–H and O–H groups in total. The number of hydrogen-bond acceptors (Lipinski definition) is 2. The van der Waals surface area contributed by atoms with Crippen LogP contribution in [-0.4, -0.2) is 9.97 Å². The fourth-order valence-corrected chi connectivity index (χ4v) is 8.15. The molecule has 0 unspecified atom stereocenters. The Morgan fingerprint density at radius 1 is 0.346 bits per heavy atom. The van der Waals surface area contributed by atoms with E-state index in [0.717, 1.165) is 44.3 Å². The highest BCUT2D eigenvalue weighted by atomic mass is 14.8. The van der Waals surface area contributed by atoms with E-state index in [1.54, 1.807) is 0 Å². The summed E-state index contributed by atoms with van der Waals surface area (Å²) in [4.78, 5) is 11.3. The maximum absolute atomic E-state index is 5.66. The molecule has 0 saturated heterocycles. The van der Waals surface area contributed by atoms with Gasteiger partial charge in [0.15, 0.2) is 0 Å². The Bertz CT molecular complexity index is 2570. The van der Waals surface area contributed by atoms with Crippen LogP contribution in [-0.2, 0) is 10.8 Å². The summed E-state index contributed by atoms with van der Waals surface area (Å²) in [7, 11) is 0. The van der Waals surface area contributed by atoms with Gasteiger partial charge >= 0.3 is 0 Å². The van der Waals surface area contributed by atoms with Gasteiger partial charge in [-0.2, -0.15) is 0 Å². The zero-order chi connectivity index (χ0) is 35.5. The fourth-order valence-electron chi connectivity index (χ4n) is 8.15. The van der Waals surface area contributed by atoms with E-state index < -0.39 is 10.8 Å². The molecule has 0 radical (unpaired) electrons. The maximum Gasteiger partial charge on any atom is 0.0974 e. The van der Waals surface area contributed by atoms with Crippen molar-refractivity contribution in [2.24, 2.45) is 0 Å². The van der Waals surface area contributed by atoms with Gasteiger partial charge < -0.3 is 0 Å². The molecule has 250 valence electrons. The third-order valence-corrected chi connectivity index (χ3v) is 11.1. The largest absolute Gasteiger partial charge is 0.250 e. The Kier molecular flexibility index (Phi) is 7.52. The summed E-state index contributed by atoms with van der Waals surface area (Å²) in [6.45, 7) is 9.23. The van der Waals surface area contributed by atoms with Gasteiger partial charge in [-0.1, -0.05) is 185 Å². The third-order valence-electron chi connectivity index (χ3n) is 11.1. The molecular weight excluding hydrogens is 629 g/mol. The first-order chi connectivity index (χ1) is 25.3. The lowest BCUT2D eigenvalue weighted by Gasteiger charge is -2.29. The van der Waals surface area contributed by atoms with E-state index in [-0.39, 0.29) is 0 Å². The van der Waals surface area contributed by atoms with Crippen LogP contribution in [0.25, 0.3) is 65.6 Å². The highest BCUT2D eigenvalue weighted by Crippen LogP contribution is 2.43. The number of nitrogens with zero attached hydrogens (tertiary/aromatic N) is 2. The van der Waals surface area contributed by atoms with Crippen LogP contribution in [0.2, 0.25) is 0 Å². The molecule has 0 aliphatic carbocycles. The first kappa shape index (κ1) is 31.8. The Balaban J connectivity index is 1.38. The molecule has 0 fully saturated rings. The van der Waals surface area contributed by atoms with Crippen LogP contribution < -0.4 is 0 Å². The van der Waals surface area contributed by atoms with Gasteiger partial charge in [0.05, 0.1) is 22.4 Å². The zero-order valence-corrected chi connectivity index (χ0v) is 30.1. The van der Waals surface area contributed by atoms with Gasteiger partial charge in [-0.15, -0.1) is 0 Å². The van der Waals surface area contributed by atoms with Crippen molar-refractivity contribution in [2.75, 3.05) is 0 Å². The van der Waals surface area contributed by atoms with Crippen molar-refractivity contribution < 1.29 is 0 Å². The minimum Gasteiger partial charge on any atom is -0.250 e. The van der Waals surface area contributed by atoms with Gasteiger partial charge in [0, 0.05) is 21.6 Å². The van der Waals surface area contributed by atoms with Crippen molar-refractivity contribution in [2.45, 2.75) is 38.5 Å². The van der Waals surface area contributed by atoms with E-state index in [1.165, 1.54) is 43.8 Å². The molecule has 0 aliphatic heterocycles. The van der Waals surface area contributed by atoms with Gasteiger partial charge in [0.1, 0.15) is 0 Å². The average Bonchev–Trinajstić information content (AvgIpc) is 3.20. The standard InChI is InChI=1S/C50H40N2/c1-49(2,43-27-15-23-33-21-11-13-25-37(33)43)45-31-41(35-17-7-5-8-18-35)39-29-30-40-42(36-19-9-6-10-20-36)32-46(52-48(40)47(39)51-45)50(3,4)44-28-16-24-34-22-12-14-26-38(34)44/h5-32H,1-4H3. The second-order valence-electron chi connectivity index (χ2n) is 15.0. The Morgan fingerprint density at radius 2 is 0.712 bits per heavy atom. The fraction of sp³-hybridized carbons (Fsp3) is 0.120. The van der Waals surface area contributed by atoms with Crippen LogP contribution >= 0.6 is 0 Å². The smallest absolute Gasteiger partial charge is 0.0974 e. The van der Waals surface area contributed by atoms with Gasteiger partial charge in [0.25, 0.3) is 0 Å². The topological polar surface area (TPSA) is 25.8 Å². The second kappa shape index (κ2) is 12.3. The molecule has 0 spiro atoms. The summed E-state index contributed by atoms with van der Waals surface area (Å²) in [5, 5.41) is 7.17. The third kappa shape index (κ3) is 5.17. The number of benzene rings is 7. The number of fused-ring (bicyclic) bond motifs is 5. The lowest BCUT2D eigenvalue weighted by Crippen LogP contribution is -2.22. The highest BCUT2D eigenvalue weighted by molar-refractivity contribution is 6.12. The highest BCUT2D eigenvalue weighted by Gasteiger charge is 2.31. The number of pyridine rings is 2. The summed E-state index contributed by atoms with van der Waals surface area (Å²) in [6.07, 6.45) is 0. The summed E-state index contributed by atoms with van der Waals surface area (Å²) < 4.78 is 0. The summed E-state index contributed by atoms with van der Waals surface area (Å²) in [6, 6.07) is 61.2. The number of hydrogen-bond donors (Lipinski definition) is 0. The van der Waals surface area contributed by atoms with Crippen LogP contribution in [0, 0.1) is 0 Å². The predicted octanol–water partition coefficient (Wildman–Crippen LogP) is 13.1. The van der Waals surface area contributed by atoms with Crippen molar-refractivity contribution in [3.63, 3.8) is 0 Å². The molecule has 2 nitrogen and oxygen atoms in total.